The number of nitrogens with zero attached hydrogens (tertiary/aromatic N) is 2. The Kier molecular flexibility index (Phi) is 6.01. The van der Waals surface area contributed by atoms with Crippen LogP contribution < -0.4 is 21.4 Å². The van der Waals surface area contributed by atoms with Crippen molar-refractivity contribution in [2.45, 2.75) is 19.8 Å². The number of carbonyl (C=O) groups excluding carboxylic acids is 1. The molecule has 0 unspecified atom stereocenters. The van der Waals surface area contributed by atoms with Crippen LogP contribution in [0.5, 0.6) is 5.75 Å². The van der Waals surface area contributed by atoms with Crippen molar-refractivity contribution in [1.29, 1.82) is 0 Å². The number of hydrogen-bond donors (Lipinski definition) is 3. The van der Waals surface area contributed by atoms with Gasteiger partial charge in [0.15, 0.2) is 0 Å². The van der Waals surface area contributed by atoms with E-state index < -0.39 is 11.2 Å². The Morgan fingerprint density at radius 3 is 2.92 bits per heavy atom. The van der Waals surface area contributed by atoms with Gasteiger partial charge in [-0.15, -0.1) is 0 Å². The molecule has 9 nitrogen and oxygen atoms in total. The van der Waals surface area contributed by atoms with Gasteiger partial charge < -0.3 is 4.74 Å². The summed E-state index contributed by atoms with van der Waals surface area (Å²) in [6, 6.07) is 7.29. The largest absolute Gasteiger partial charge is 0.493 e. The number of para-hydroxylation sites is 1. The smallest absolute Gasteiger partial charge is 0.342 e. The average molecular weight is 331 g/mol. The van der Waals surface area contributed by atoms with Gasteiger partial charge in [-0.25, -0.2) is 15.3 Å². The molecular weight excluding hydrogens is 314 g/mol. The van der Waals surface area contributed by atoms with Crippen molar-refractivity contribution in [3.63, 3.8) is 0 Å². The van der Waals surface area contributed by atoms with Crippen LogP contribution in [-0.4, -0.2) is 33.9 Å². The molecule has 0 radical (unpaired) electrons. The topological polar surface area (TPSA) is 129 Å². The van der Waals surface area contributed by atoms with Crippen LogP contribution in [0.4, 0.5) is 0 Å². The van der Waals surface area contributed by atoms with E-state index in [0.29, 0.717) is 12.4 Å². The lowest BCUT2D eigenvalue weighted by atomic mass is 10.2. The fourth-order valence-electron chi connectivity index (χ4n) is 1.88. The second kappa shape index (κ2) is 8.42. The first-order valence-electron chi connectivity index (χ1n) is 7.31. The number of aryl methyl sites for hydroxylation is 1. The van der Waals surface area contributed by atoms with E-state index in [9.17, 15) is 14.4 Å². The van der Waals surface area contributed by atoms with Gasteiger partial charge in [-0.05, 0) is 19.1 Å². The number of aromatic amines is 2. The zero-order valence-corrected chi connectivity index (χ0v) is 13.0. The summed E-state index contributed by atoms with van der Waals surface area (Å²) in [5.74, 6) is 0.287. The number of benzene rings is 1. The Morgan fingerprint density at radius 1 is 1.38 bits per heavy atom. The highest BCUT2D eigenvalue weighted by atomic mass is 16.5. The van der Waals surface area contributed by atoms with Crippen LogP contribution in [0.25, 0.3) is 0 Å². The molecule has 1 amide bonds. The first-order valence-corrected chi connectivity index (χ1v) is 7.31. The van der Waals surface area contributed by atoms with Crippen molar-refractivity contribution >= 4 is 12.1 Å². The average Bonchev–Trinajstić information content (AvgIpc) is 2.56. The molecule has 2 rings (SSSR count). The predicted molar refractivity (Wildman–Crippen MR) is 87.1 cm³/mol. The summed E-state index contributed by atoms with van der Waals surface area (Å²) in [5, 5.41) is 9.57. The molecule has 1 aromatic carbocycles. The number of amides is 1. The molecule has 126 valence electrons. The Balaban J connectivity index is 1.89. The van der Waals surface area contributed by atoms with Crippen molar-refractivity contribution in [2.24, 2.45) is 5.10 Å². The monoisotopic (exact) mass is 331 g/mol. The van der Waals surface area contributed by atoms with Gasteiger partial charge in [-0.2, -0.15) is 10.2 Å². The van der Waals surface area contributed by atoms with Gasteiger partial charge in [0.2, 0.25) is 5.91 Å². The maximum atomic E-state index is 11.7. The highest BCUT2D eigenvalue weighted by molar-refractivity contribution is 5.85. The fraction of sp³-hybridized carbons (Fsp3) is 0.267. The normalized spacial score (nSPS) is 10.7. The molecule has 1 heterocycles. The third kappa shape index (κ3) is 4.90. The summed E-state index contributed by atoms with van der Waals surface area (Å²) < 4.78 is 5.44. The number of nitrogens with one attached hydrogen (secondary N) is 3. The van der Waals surface area contributed by atoms with Crippen molar-refractivity contribution in [1.82, 2.24) is 20.6 Å². The molecule has 0 atom stereocenters. The Labute approximate surface area is 136 Å². The van der Waals surface area contributed by atoms with Crippen molar-refractivity contribution in [3.05, 3.63) is 56.4 Å². The van der Waals surface area contributed by atoms with Crippen LogP contribution in [0.1, 0.15) is 24.6 Å². The van der Waals surface area contributed by atoms with Gasteiger partial charge in [0.05, 0.1) is 12.8 Å². The van der Waals surface area contributed by atoms with Gasteiger partial charge in [0.1, 0.15) is 11.4 Å². The molecule has 0 bridgehead atoms. The molecule has 1 aromatic heterocycles. The van der Waals surface area contributed by atoms with Crippen LogP contribution in [0, 0.1) is 0 Å². The summed E-state index contributed by atoms with van der Waals surface area (Å²) >= 11 is 0. The summed E-state index contributed by atoms with van der Waals surface area (Å²) in [5.41, 5.74) is 1.88. The zero-order valence-electron chi connectivity index (χ0n) is 13.0. The maximum absolute atomic E-state index is 11.7. The molecule has 0 aliphatic carbocycles. The Hall–Kier alpha value is -3.23. The zero-order chi connectivity index (χ0) is 17.4. The van der Waals surface area contributed by atoms with Gasteiger partial charge in [-0.1, -0.05) is 12.1 Å². The minimum atomic E-state index is -0.689. The van der Waals surface area contributed by atoms with Gasteiger partial charge in [0.25, 0.3) is 5.56 Å². The Morgan fingerprint density at radius 2 is 2.17 bits per heavy atom. The van der Waals surface area contributed by atoms with Gasteiger partial charge in [-0.3, -0.25) is 14.6 Å². The number of H-pyrrole nitrogens is 2. The molecule has 0 saturated carbocycles. The lowest BCUT2D eigenvalue weighted by Crippen LogP contribution is -2.28. The first-order chi connectivity index (χ1) is 11.6. The minimum absolute atomic E-state index is 0.00652. The van der Waals surface area contributed by atoms with Crippen LogP contribution in [0.2, 0.25) is 0 Å². The first kappa shape index (κ1) is 17.1. The molecule has 3 N–H and O–H groups in total. The molecular formula is C15H17N5O4. The third-order valence-electron chi connectivity index (χ3n) is 2.98. The second-order valence-corrected chi connectivity index (χ2v) is 4.72. The number of rotatable bonds is 7. The molecule has 0 aliphatic heterocycles. The van der Waals surface area contributed by atoms with Crippen molar-refractivity contribution < 1.29 is 9.53 Å². The number of carbonyl (C=O) groups is 1. The lowest BCUT2D eigenvalue weighted by molar-refractivity contribution is -0.121. The number of hydrazone groups is 1. The van der Waals surface area contributed by atoms with E-state index in [-0.39, 0.29) is 24.4 Å². The van der Waals surface area contributed by atoms with E-state index in [1.54, 1.807) is 6.07 Å². The van der Waals surface area contributed by atoms with E-state index in [2.05, 4.69) is 20.7 Å². The fourth-order valence-corrected chi connectivity index (χ4v) is 1.88. The molecule has 9 heteroatoms. The highest BCUT2D eigenvalue weighted by Gasteiger charge is 2.06. The minimum Gasteiger partial charge on any atom is -0.493 e. The van der Waals surface area contributed by atoms with E-state index in [4.69, 9.17) is 4.74 Å². The quantitative estimate of drug-likeness (QED) is 0.483. The summed E-state index contributed by atoms with van der Waals surface area (Å²) in [6.07, 6.45) is 1.57. The van der Waals surface area contributed by atoms with Gasteiger partial charge >= 0.3 is 5.69 Å². The summed E-state index contributed by atoms with van der Waals surface area (Å²) in [7, 11) is 0. The van der Waals surface area contributed by atoms with Crippen LogP contribution in [0.3, 0.4) is 0 Å². The second-order valence-electron chi connectivity index (χ2n) is 4.72. The Bertz CT molecular complexity index is 840. The standard InChI is InChI=1S/C15H17N5O4/c1-2-24-12-6-4-3-5-10(12)9-16-19-13(21)8-7-11-14(22)17-15(23)20-18-11/h3-6,9H,2,7-8H2,1H3,(H,19,21)(H2,17,20,22,23). The van der Waals surface area contributed by atoms with Crippen LogP contribution in [-0.2, 0) is 11.2 Å². The number of aromatic nitrogens is 3. The van der Waals surface area contributed by atoms with E-state index in [1.807, 2.05) is 30.1 Å². The van der Waals surface area contributed by atoms with Crippen molar-refractivity contribution in [2.75, 3.05) is 6.61 Å². The molecule has 0 aliphatic rings. The number of ether oxygens (including phenoxy) is 1. The van der Waals surface area contributed by atoms with E-state index in [1.165, 1.54) is 6.21 Å². The molecule has 24 heavy (non-hydrogen) atoms. The van der Waals surface area contributed by atoms with Crippen LogP contribution in [0.15, 0.2) is 39.0 Å². The SMILES string of the molecule is CCOc1ccccc1C=NNC(=O)CCc1n[nH]c(=O)[nH]c1=O. The third-order valence-corrected chi connectivity index (χ3v) is 2.98. The molecule has 0 spiro atoms. The van der Waals surface area contributed by atoms with Crippen molar-refractivity contribution in [3.8, 4) is 5.75 Å². The van der Waals surface area contributed by atoms with Crippen LogP contribution >= 0.6 is 0 Å². The highest BCUT2D eigenvalue weighted by Crippen LogP contribution is 2.15. The molecule has 2 aromatic rings. The molecule has 0 saturated heterocycles. The van der Waals surface area contributed by atoms with E-state index in [0.717, 1.165) is 5.56 Å². The molecule has 0 fully saturated rings. The predicted octanol–water partition coefficient (Wildman–Crippen LogP) is -0.0602. The summed E-state index contributed by atoms with van der Waals surface area (Å²) in [4.78, 5) is 36.1. The number of hydrogen-bond acceptors (Lipinski definition) is 6. The maximum Gasteiger partial charge on any atom is 0.342 e. The van der Waals surface area contributed by atoms with Gasteiger partial charge in [0, 0.05) is 18.4 Å². The lowest BCUT2D eigenvalue weighted by Gasteiger charge is -2.05. The van der Waals surface area contributed by atoms with E-state index >= 15 is 0 Å². The summed E-state index contributed by atoms with van der Waals surface area (Å²) in [6.45, 7) is 2.40.